The molecule has 2 aromatic heterocycles. The van der Waals surface area contributed by atoms with Crippen LogP contribution in [0.2, 0.25) is 0 Å². The Kier molecular flexibility index (Phi) is 8.36. The first kappa shape index (κ1) is 26.9. The van der Waals surface area contributed by atoms with Gasteiger partial charge in [-0.25, -0.2) is 32.2 Å². The van der Waals surface area contributed by atoms with Gasteiger partial charge in [0.1, 0.15) is 0 Å². The Hall–Kier alpha value is -3.14. The summed E-state index contributed by atoms with van der Waals surface area (Å²) in [6.45, 7) is 7.16. The highest BCUT2D eigenvalue weighted by Crippen LogP contribution is 2.32. The normalized spacial score (nSPS) is 14.7. The lowest BCUT2D eigenvalue weighted by Gasteiger charge is -2.31. The van der Waals surface area contributed by atoms with Gasteiger partial charge in [-0.05, 0) is 73.9 Å². The number of ether oxygens (including phenoxy) is 1. The first-order chi connectivity index (χ1) is 17.7. The Bertz CT molecular complexity index is 1320. The van der Waals surface area contributed by atoms with E-state index in [1.165, 1.54) is 24.3 Å². The topological polar surface area (TPSA) is 85.3 Å². The third-order valence-electron chi connectivity index (χ3n) is 6.62. The van der Waals surface area contributed by atoms with E-state index in [4.69, 9.17) is 4.74 Å². The maximum atomic E-state index is 14.9. The third kappa shape index (κ3) is 6.23. The van der Waals surface area contributed by atoms with Gasteiger partial charge in [-0.1, -0.05) is 13.8 Å². The van der Waals surface area contributed by atoms with Crippen molar-refractivity contribution in [1.29, 1.82) is 0 Å². The van der Waals surface area contributed by atoms with E-state index in [2.05, 4.69) is 26.8 Å². The molecule has 0 bridgehead atoms. The maximum absolute atomic E-state index is 14.9. The van der Waals surface area contributed by atoms with E-state index in [-0.39, 0.29) is 28.9 Å². The zero-order valence-corrected chi connectivity index (χ0v) is 22.2. The smallest absolute Gasteiger partial charge is 0.225 e. The molecule has 0 atom stereocenters. The molecule has 1 fully saturated rings. The van der Waals surface area contributed by atoms with E-state index >= 15 is 0 Å². The second-order valence-electron chi connectivity index (χ2n) is 9.36. The Morgan fingerprint density at radius 1 is 1.05 bits per heavy atom. The van der Waals surface area contributed by atoms with Crippen LogP contribution in [0.3, 0.4) is 0 Å². The molecule has 3 heterocycles. The van der Waals surface area contributed by atoms with Gasteiger partial charge in [-0.15, -0.1) is 0 Å². The van der Waals surface area contributed by atoms with Crippen LogP contribution in [0, 0.1) is 24.5 Å². The van der Waals surface area contributed by atoms with Crippen LogP contribution in [0.1, 0.15) is 44.4 Å². The molecule has 0 saturated carbocycles. The summed E-state index contributed by atoms with van der Waals surface area (Å²) in [5, 5.41) is -0.0351. The van der Waals surface area contributed by atoms with Crippen molar-refractivity contribution in [2.24, 2.45) is 5.92 Å². The van der Waals surface area contributed by atoms with Crippen molar-refractivity contribution < 1.29 is 21.9 Å². The van der Waals surface area contributed by atoms with Gasteiger partial charge in [0.25, 0.3) is 0 Å². The minimum atomic E-state index is -3.48. The number of halogens is 2. The fourth-order valence-electron chi connectivity index (χ4n) is 4.44. The van der Waals surface area contributed by atoms with Crippen molar-refractivity contribution in [2.45, 2.75) is 51.5 Å². The highest BCUT2D eigenvalue weighted by atomic mass is 32.2. The fourth-order valence-corrected chi connectivity index (χ4v) is 5.74. The molecule has 0 spiro atoms. The fraction of sp³-hybridized carbons (Fsp3) is 0.444. The number of hydrogen-bond donors (Lipinski definition) is 0. The first-order valence-corrected chi connectivity index (χ1v) is 14.3. The largest absolute Gasteiger partial charge is 0.487 e. The van der Waals surface area contributed by atoms with Gasteiger partial charge in [0, 0.05) is 36.7 Å². The van der Waals surface area contributed by atoms with Crippen molar-refractivity contribution in [2.75, 3.05) is 30.3 Å². The molecule has 0 radical (unpaired) electrons. The molecule has 198 valence electrons. The van der Waals surface area contributed by atoms with Gasteiger partial charge in [0.15, 0.2) is 32.2 Å². The second-order valence-corrected chi connectivity index (χ2v) is 11.4. The van der Waals surface area contributed by atoms with Crippen LogP contribution in [0.15, 0.2) is 41.7 Å². The molecule has 1 aliphatic heterocycles. The molecular weight excluding hydrogens is 498 g/mol. The average molecular weight is 531 g/mol. The molecule has 0 N–H and O–H groups in total. The van der Waals surface area contributed by atoms with Gasteiger partial charge in [0.2, 0.25) is 5.95 Å². The van der Waals surface area contributed by atoms with Gasteiger partial charge in [0.05, 0.1) is 12.4 Å². The average Bonchev–Trinajstić information content (AvgIpc) is 2.88. The van der Waals surface area contributed by atoms with E-state index in [1.54, 1.807) is 13.8 Å². The summed E-state index contributed by atoms with van der Waals surface area (Å²) in [4.78, 5) is 15.1. The number of aromatic nitrogens is 3. The zero-order chi connectivity index (χ0) is 26.6. The summed E-state index contributed by atoms with van der Waals surface area (Å²) >= 11 is 0. The van der Waals surface area contributed by atoms with Crippen molar-refractivity contribution in [3.8, 4) is 16.9 Å². The molecule has 3 aromatic rings. The van der Waals surface area contributed by atoms with E-state index in [9.17, 15) is 17.2 Å². The van der Waals surface area contributed by atoms with Crippen LogP contribution < -0.4 is 9.64 Å². The molecule has 7 nitrogen and oxygen atoms in total. The highest BCUT2D eigenvalue weighted by molar-refractivity contribution is 7.91. The van der Waals surface area contributed by atoms with Crippen molar-refractivity contribution in [3.63, 3.8) is 0 Å². The van der Waals surface area contributed by atoms with Crippen molar-refractivity contribution in [1.82, 2.24) is 15.0 Å². The maximum Gasteiger partial charge on any atom is 0.225 e. The second kappa shape index (κ2) is 11.5. The minimum Gasteiger partial charge on any atom is -0.487 e. The van der Waals surface area contributed by atoms with E-state index < -0.39 is 27.2 Å². The summed E-state index contributed by atoms with van der Waals surface area (Å²) < 4.78 is 60.0. The summed E-state index contributed by atoms with van der Waals surface area (Å²) in [6, 6.07) is 5.31. The van der Waals surface area contributed by atoms with E-state index in [1.807, 2.05) is 12.4 Å². The summed E-state index contributed by atoms with van der Waals surface area (Å²) in [7, 11) is -3.48. The molecule has 0 unspecified atom stereocenters. The standard InChI is InChI=1S/C27H32F2N4O3S/c1-4-12-37(34,35)25-7-6-22(18(3)32-25)21-13-23(28)26(24(29)14-21)36-17-20-8-10-33(11-9-20)27-30-15-19(5-2)16-31-27/h6-7,13-16,20H,4-5,8-12,17H2,1-3H3. The van der Waals surface area contributed by atoms with E-state index in [0.29, 0.717) is 23.6 Å². The number of rotatable bonds is 9. The quantitative estimate of drug-likeness (QED) is 0.377. The summed E-state index contributed by atoms with van der Waals surface area (Å²) in [5.41, 5.74) is 2.20. The van der Waals surface area contributed by atoms with Crippen molar-refractivity contribution in [3.05, 3.63) is 59.6 Å². The van der Waals surface area contributed by atoms with Crippen LogP contribution in [0.4, 0.5) is 14.7 Å². The third-order valence-corrected chi connectivity index (χ3v) is 8.43. The van der Waals surface area contributed by atoms with Crippen LogP contribution >= 0.6 is 0 Å². The molecule has 4 rings (SSSR count). The molecule has 1 saturated heterocycles. The molecular formula is C27H32F2N4O3S. The Morgan fingerprint density at radius 2 is 1.70 bits per heavy atom. The lowest BCUT2D eigenvalue weighted by molar-refractivity contribution is 0.207. The molecule has 0 amide bonds. The van der Waals surface area contributed by atoms with Gasteiger partial charge in [-0.2, -0.15) is 0 Å². The number of piperidine rings is 1. The van der Waals surface area contributed by atoms with Crippen LogP contribution in [0.5, 0.6) is 5.75 Å². The predicted molar refractivity (Wildman–Crippen MR) is 139 cm³/mol. The Balaban J connectivity index is 1.39. The lowest BCUT2D eigenvalue weighted by Crippen LogP contribution is -2.36. The molecule has 10 heteroatoms. The SMILES string of the molecule is CCCS(=O)(=O)c1ccc(-c2cc(F)c(OCC3CCN(c4ncc(CC)cn4)CC3)c(F)c2)c(C)n1. The van der Waals surface area contributed by atoms with Crippen LogP contribution in [0.25, 0.3) is 11.1 Å². The zero-order valence-electron chi connectivity index (χ0n) is 21.4. The van der Waals surface area contributed by atoms with Gasteiger partial charge in [-0.3, -0.25) is 0 Å². The van der Waals surface area contributed by atoms with Crippen LogP contribution in [-0.4, -0.2) is 48.8 Å². The molecule has 37 heavy (non-hydrogen) atoms. The molecule has 1 aliphatic rings. The predicted octanol–water partition coefficient (Wildman–Crippen LogP) is 5.17. The van der Waals surface area contributed by atoms with Crippen molar-refractivity contribution >= 4 is 15.8 Å². The number of benzene rings is 1. The number of nitrogens with zero attached hydrogens (tertiary/aromatic N) is 4. The minimum absolute atomic E-state index is 0.00701. The number of anilines is 1. The number of pyridine rings is 1. The highest BCUT2D eigenvalue weighted by Gasteiger charge is 2.23. The number of sulfone groups is 1. The van der Waals surface area contributed by atoms with Gasteiger partial charge < -0.3 is 9.64 Å². The summed E-state index contributed by atoms with van der Waals surface area (Å²) in [6.07, 6.45) is 6.65. The Morgan fingerprint density at radius 3 is 2.27 bits per heavy atom. The molecule has 1 aromatic carbocycles. The Labute approximate surface area is 216 Å². The summed E-state index contributed by atoms with van der Waals surface area (Å²) in [5.74, 6) is -1.17. The monoisotopic (exact) mass is 530 g/mol. The molecule has 0 aliphatic carbocycles. The first-order valence-electron chi connectivity index (χ1n) is 12.6. The number of hydrogen-bond acceptors (Lipinski definition) is 7. The lowest BCUT2D eigenvalue weighted by atomic mass is 9.98. The van der Waals surface area contributed by atoms with E-state index in [0.717, 1.165) is 37.9 Å². The number of aryl methyl sites for hydroxylation is 2. The van der Waals surface area contributed by atoms with Gasteiger partial charge >= 0.3 is 0 Å². The van der Waals surface area contributed by atoms with Crippen LogP contribution in [-0.2, 0) is 16.3 Å².